The first-order valence-corrected chi connectivity index (χ1v) is 6.06. The molecule has 0 unspecified atom stereocenters. The molecule has 0 fully saturated rings. The van der Waals surface area contributed by atoms with Gasteiger partial charge < -0.3 is 10.6 Å². The summed E-state index contributed by atoms with van der Waals surface area (Å²) >= 11 is 0. The molecule has 2 N–H and O–H groups in total. The van der Waals surface area contributed by atoms with E-state index in [1.165, 1.54) is 42.7 Å². The second kappa shape index (κ2) is 6.25. The molecule has 2 aromatic rings. The van der Waals surface area contributed by atoms with E-state index in [1.54, 1.807) is 11.4 Å². The molecular formula is C14H10F3N3O2. The van der Waals surface area contributed by atoms with Crippen LogP contribution in [0.1, 0.15) is 10.4 Å². The van der Waals surface area contributed by atoms with Crippen LogP contribution in [-0.2, 0) is 4.79 Å². The number of benzene rings is 1. The molecule has 0 atom stereocenters. The van der Waals surface area contributed by atoms with E-state index in [4.69, 9.17) is 0 Å². The van der Waals surface area contributed by atoms with Crippen molar-refractivity contribution in [1.29, 1.82) is 0 Å². The standard InChI is InChI=1S/C14H10F3N3O2/c15-14(16,17)13(22)20-11-5-1-4-10(7-11)19-12(21)9-3-2-6-18-8-9/h1-8H,(H,19,21)(H,20,22). The number of nitrogens with zero attached hydrogens (tertiary/aromatic N) is 1. The summed E-state index contributed by atoms with van der Waals surface area (Å²) in [4.78, 5) is 26.5. The number of halogens is 3. The van der Waals surface area contributed by atoms with E-state index in [2.05, 4.69) is 10.3 Å². The highest BCUT2D eigenvalue weighted by atomic mass is 19.4. The van der Waals surface area contributed by atoms with Crippen molar-refractivity contribution < 1.29 is 22.8 Å². The van der Waals surface area contributed by atoms with Gasteiger partial charge in [-0.2, -0.15) is 13.2 Å². The Labute approximate surface area is 123 Å². The molecule has 0 spiro atoms. The Morgan fingerprint density at radius 1 is 1.00 bits per heavy atom. The van der Waals surface area contributed by atoms with Crippen LogP contribution in [0, 0.1) is 0 Å². The van der Waals surface area contributed by atoms with Crippen LogP contribution in [0.15, 0.2) is 48.8 Å². The zero-order valence-corrected chi connectivity index (χ0v) is 11.0. The number of hydrogen-bond donors (Lipinski definition) is 2. The maximum atomic E-state index is 12.2. The molecule has 0 saturated heterocycles. The van der Waals surface area contributed by atoms with Gasteiger partial charge in [0.05, 0.1) is 5.56 Å². The molecule has 22 heavy (non-hydrogen) atoms. The molecule has 1 heterocycles. The molecule has 0 aliphatic heterocycles. The van der Waals surface area contributed by atoms with E-state index < -0.39 is 18.0 Å². The second-order valence-corrected chi connectivity index (χ2v) is 4.23. The van der Waals surface area contributed by atoms with Crippen LogP contribution in [0.5, 0.6) is 0 Å². The molecule has 0 aliphatic rings. The highest BCUT2D eigenvalue weighted by molar-refractivity contribution is 6.04. The Morgan fingerprint density at radius 2 is 1.68 bits per heavy atom. The zero-order chi connectivity index (χ0) is 16.2. The SMILES string of the molecule is O=C(Nc1cccc(NC(=O)C(F)(F)F)c1)c1cccnc1. The van der Waals surface area contributed by atoms with Crippen LogP contribution in [0.4, 0.5) is 24.5 Å². The summed E-state index contributed by atoms with van der Waals surface area (Å²) in [5, 5.41) is 4.21. The average Bonchev–Trinajstić information content (AvgIpc) is 2.47. The Hall–Kier alpha value is -2.90. The lowest BCUT2D eigenvalue weighted by Crippen LogP contribution is -2.29. The minimum absolute atomic E-state index is 0.0775. The summed E-state index contributed by atoms with van der Waals surface area (Å²) < 4.78 is 36.5. The summed E-state index contributed by atoms with van der Waals surface area (Å²) in [5.41, 5.74) is 0.465. The van der Waals surface area contributed by atoms with Gasteiger partial charge in [-0.15, -0.1) is 0 Å². The number of amides is 2. The molecule has 0 radical (unpaired) electrons. The molecule has 0 saturated carbocycles. The van der Waals surface area contributed by atoms with Crippen molar-refractivity contribution in [2.24, 2.45) is 0 Å². The smallest absolute Gasteiger partial charge is 0.322 e. The minimum atomic E-state index is -4.98. The van der Waals surface area contributed by atoms with Gasteiger partial charge >= 0.3 is 12.1 Å². The molecule has 0 bridgehead atoms. The van der Waals surface area contributed by atoms with Gasteiger partial charge in [0.2, 0.25) is 0 Å². The van der Waals surface area contributed by atoms with Gasteiger partial charge in [-0.3, -0.25) is 14.6 Å². The number of carbonyl (C=O) groups is 2. The van der Waals surface area contributed by atoms with Crippen molar-refractivity contribution in [3.63, 3.8) is 0 Å². The first-order chi connectivity index (χ1) is 10.4. The topological polar surface area (TPSA) is 71.1 Å². The minimum Gasteiger partial charge on any atom is -0.322 e. The maximum absolute atomic E-state index is 12.2. The number of carbonyl (C=O) groups excluding carboxylic acids is 2. The quantitative estimate of drug-likeness (QED) is 0.916. The Bertz CT molecular complexity index is 687. The van der Waals surface area contributed by atoms with Crippen molar-refractivity contribution >= 4 is 23.2 Å². The van der Waals surface area contributed by atoms with Crippen LogP contribution in [-0.4, -0.2) is 23.0 Å². The van der Waals surface area contributed by atoms with Gasteiger partial charge in [-0.05, 0) is 30.3 Å². The van der Waals surface area contributed by atoms with E-state index in [0.29, 0.717) is 5.56 Å². The van der Waals surface area contributed by atoms with Crippen LogP contribution in [0.3, 0.4) is 0 Å². The van der Waals surface area contributed by atoms with Gasteiger partial charge in [-0.1, -0.05) is 6.07 Å². The zero-order valence-electron chi connectivity index (χ0n) is 11.0. The summed E-state index contributed by atoms with van der Waals surface area (Å²) in [5.74, 6) is -2.55. The fourth-order valence-corrected chi connectivity index (χ4v) is 1.58. The van der Waals surface area contributed by atoms with Crippen molar-refractivity contribution in [2.45, 2.75) is 6.18 Å². The lowest BCUT2D eigenvalue weighted by atomic mass is 10.2. The number of aromatic nitrogens is 1. The number of nitrogens with one attached hydrogen (secondary N) is 2. The van der Waals surface area contributed by atoms with Crippen molar-refractivity contribution in [3.8, 4) is 0 Å². The van der Waals surface area contributed by atoms with E-state index in [1.807, 2.05) is 0 Å². The molecular weight excluding hydrogens is 299 g/mol. The number of anilines is 2. The van der Waals surface area contributed by atoms with Crippen molar-refractivity contribution in [2.75, 3.05) is 10.6 Å². The van der Waals surface area contributed by atoms with Gasteiger partial charge in [0.15, 0.2) is 0 Å². The first-order valence-electron chi connectivity index (χ1n) is 6.06. The molecule has 114 valence electrons. The lowest BCUT2D eigenvalue weighted by molar-refractivity contribution is -0.167. The number of hydrogen-bond acceptors (Lipinski definition) is 3. The van der Waals surface area contributed by atoms with Crippen LogP contribution in [0.2, 0.25) is 0 Å². The maximum Gasteiger partial charge on any atom is 0.471 e. The fourth-order valence-electron chi connectivity index (χ4n) is 1.58. The van der Waals surface area contributed by atoms with E-state index in [0.717, 1.165) is 0 Å². The predicted octanol–water partition coefficient (Wildman–Crippen LogP) is 2.83. The third kappa shape index (κ3) is 4.05. The van der Waals surface area contributed by atoms with Gasteiger partial charge in [0.25, 0.3) is 5.91 Å². The molecule has 2 rings (SSSR count). The molecule has 5 nitrogen and oxygen atoms in total. The van der Waals surface area contributed by atoms with E-state index in [9.17, 15) is 22.8 Å². The summed E-state index contributed by atoms with van der Waals surface area (Å²) in [6, 6.07) is 8.51. The van der Waals surface area contributed by atoms with Crippen LogP contribution >= 0.6 is 0 Å². The van der Waals surface area contributed by atoms with Crippen LogP contribution in [0.25, 0.3) is 0 Å². The molecule has 0 aliphatic carbocycles. The van der Waals surface area contributed by atoms with E-state index >= 15 is 0 Å². The van der Waals surface area contributed by atoms with Crippen molar-refractivity contribution in [3.05, 3.63) is 54.4 Å². The van der Waals surface area contributed by atoms with Gasteiger partial charge in [0.1, 0.15) is 0 Å². The van der Waals surface area contributed by atoms with E-state index in [-0.39, 0.29) is 11.4 Å². The number of rotatable bonds is 3. The van der Waals surface area contributed by atoms with Crippen molar-refractivity contribution in [1.82, 2.24) is 4.98 Å². The highest BCUT2D eigenvalue weighted by Crippen LogP contribution is 2.20. The Kier molecular flexibility index (Phi) is 4.40. The molecule has 1 aromatic carbocycles. The molecule has 2 amide bonds. The summed E-state index contributed by atoms with van der Waals surface area (Å²) in [6.07, 6.45) is -2.12. The lowest BCUT2D eigenvalue weighted by Gasteiger charge is -2.10. The van der Waals surface area contributed by atoms with Gasteiger partial charge in [-0.25, -0.2) is 0 Å². The summed E-state index contributed by atoms with van der Waals surface area (Å²) in [7, 11) is 0. The second-order valence-electron chi connectivity index (χ2n) is 4.23. The largest absolute Gasteiger partial charge is 0.471 e. The molecule has 8 heteroatoms. The Morgan fingerprint density at radius 3 is 2.27 bits per heavy atom. The van der Waals surface area contributed by atoms with Crippen LogP contribution < -0.4 is 10.6 Å². The monoisotopic (exact) mass is 309 g/mol. The molecule has 1 aromatic heterocycles. The number of alkyl halides is 3. The third-order valence-corrected chi connectivity index (χ3v) is 2.56. The fraction of sp³-hybridized carbons (Fsp3) is 0.0714. The Balaban J connectivity index is 2.09. The normalized spacial score (nSPS) is 10.9. The third-order valence-electron chi connectivity index (χ3n) is 2.56. The first kappa shape index (κ1) is 15.5. The highest BCUT2D eigenvalue weighted by Gasteiger charge is 2.38. The summed E-state index contributed by atoms with van der Waals surface area (Å²) in [6.45, 7) is 0. The average molecular weight is 309 g/mol. The number of pyridine rings is 1. The van der Waals surface area contributed by atoms with Gasteiger partial charge in [0, 0.05) is 23.8 Å². The predicted molar refractivity (Wildman–Crippen MR) is 73.3 cm³/mol.